The molecular formula is C29H39F2N3O3. The van der Waals surface area contributed by atoms with Gasteiger partial charge in [0.1, 0.15) is 17.2 Å². The summed E-state index contributed by atoms with van der Waals surface area (Å²) >= 11 is 0. The standard InChI is InChI=1S/C29H39F2N3O3/c1-4-29(31,5-2)19-33-12-10-21(11-13-33)18-37-24-7-9-27(32-16-24)22-6-8-25(26(30)15-22)28(36)34-17-23(35)14-20(34)3/h6-9,15-16,20-21,23,35H,4-5,10-14,17-19H2,1-3H3. The number of piperidine rings is 1. The van der Waals surface area contributed by atoms with Crippen LogP contribution in [0.25, 0.3) is 11.3 Å². The maximum absolute atomic E-state index is 14.8. The zero-order valence-corrected chi connectivity index (χ0v) is 22.1. The summed E-state index contributed by atoms with van der Waals surface area (Å²) in [5.74, 6) is 0.0643. The highest BCUT2D eigenvalue weighted by molar-refractivity contribution is 5.95. The molecule has 0 bridgehead atoms. The third kappa shape index (κ3) is 6.65. The van der Waals surface area contributed by atoms with Crippen LogP contribution in [0.3, 0.4) is 0 Å². The van der Waals surface area contributed by atoms with Gasteiger partial charge in [-0.25, -0.2) is 8.78 Å². The van der Waals surface area contributed by atoms with Gasteiger partial charge in [-0.15, -0.1) is 0 Å². The van der Waals surface area contributed by atoms with E-state index in [1.807, 2.05) is 26.8 Å². The molecule has 4 rings (SSSR count). The van der Waals surface area contributed by atoms with Gasteiger partial charge in [-0.1, -0.05) is 19.9 Å². The van der Waals surface area contributed by atoms with Crippen molar-refractivity contribution >= 4 is 5.91 Å². The third-order valence-corrected chi connectivity index (χ3v) is 8.01. The number of hydrogen-bond acceptors (Lipinski definition) is 5. The number of nitrogens with zero attached hydrogens (tertiary/aromatic N) is 3. The molecule has 8 heteroatoms. The van der Waals surface area contributed by atoms with Gasteiger partial charge in [0.2, 0.25) is 0 Å². The summed E-state index contributed by atoms with van der Waals surface area (Å²) in [5, 5.41) is 9.81. The molecule has 2 aromatic rings. The Morgan fingerprint density at radius 1 is 1.19 bits per heavy atom. The summed E-state index contributed by atoms with van der Waals surface area (Å²) < 4.78 is 35.5. The molecule has 2 aliphatic heterocycles. The Morgan fingerprint density at radius 3 is 2.49 bits per heavy atom. The van der Waals surface area contributed by atoms with Crippen molar-refractivity contribution in [1.29, 1.82) is 0 Å². The number of halogens is 2. The molecule has 6 nitrogen and oxygen atoms in total. The lowest BCUT2D eigenvalue weighted by Crippen LogP contribution is -2.44. The Balaban J connectivity index is 1.29. The molecule has 0 radical (unpaired) electrons. The van der Waals surface area contributed by atoms with Crippen LogP contribution in [-0.4, -0.2) is 76.4 Å². The molecule has 1 N–H and O–H groups in total. The van der Waals surface area contributed by atoms with Crippen molar-refractivity contribution in [3.8, 4) is 17.0 Å². The second-order valence-corrected chi connectivity index (χ2v) is 10.7. The fourth-order valence-electron chi connectivity index (χ4n) is 5.32. The lowest BCUT2D eigenvalue weighted by Gasteiger charge is -2.36. The van der Waals surface area contributed by atoms with Crippen molar-refractivity contribution in [2.24, 2.45) is 5.92 Å². The van der Waals surface area contributed by atoms with Gasteiger partial charge < -0.3 is 19.6 Å². The quantitative estimate of drug-likeness (QED) is 0.503. The number of rotatable bonds is 9. The lowest BCUT2D eigenvalue weighted by molar-refractivity contribution is 0.0568. The molecule has 3 heterocycles. The number of aliphatic hydroxyl groups excluding tert-OH is 1. The maximum Gasteiger partial charge on any atom is 0.257 e. The van der Waals surface area contributed by atoms with E-state index in [9.17, 15) is 18.7 Å². The molecule has 1 amide bonds. The van der Waals surface area contributed by atoms with E-state index in [0.717, 1.165) is 25.9 Å². The molecule has 2 saturated heterocycles. The Morgan fingerprint density at radius 2 is 1.92 bits per heavy atom. The molecular weight excluding hydrogens is 476 g/mol. The van der Waals surface area contributed by atoms with Crippen LogP contribution in [0.1, 0.15) is 63.2 Å². The Labute approximate surface area is 218 Å². The molecule has 2 unspecified atom stereocenters. The molecule has 1 aromatic heterocycles. The van der Waals surface area contributed by atoms with E-state index in [0.29, 0.717) is 55.3 Å². The predicted molar refractivity (Wildman–Crippen MR) is 140 cm³/mol. The summed E-state index contributed by atoms with van der Waals surface area (Å²) in [7, 11) is 0. The molecule has 0 saturated carbocycles. The monoisotopic (exact) mass is 515 g/mol. The van der Waals surface area contributed by atoms with Crippen molar-refractivity contribution in [2.45, 2.75) is 70.7 Å². The average molecular weight is 516 g/mol. The predicted octanol–water partition coefficient (Wildman–Crippen LogP) is 5.10. The number of β-amino-alcohol motifs (C(OH)–C–C–N with tert-alkyl or cyclic N) is 1. The largest absolute Gasteiger partial charge is 0.492 e. The summed E-state index contributed by atoms with van der Waals surface area (Å²) in [6.45, 7) is 8.78. The smallest absolute Gasteiger partial charge is 0.257 e. The number of hydrogen-bond donors (Lipinski definition) is 1. The summed E-state index contributed by atoms with van der Waals surface area (Å²) in [5.41, 5.74) is 0.0684. The fourth-order valence-corrected chi connectivity index (χ4v) is 5.32. The first-order chi connectivity index (χ1) is 17.7. The zero-order valence-electron chi connectivity index (χ0n) is 22.1. The van der Waals surface area contributed by atoms with E-state index in [1.165, 1.54) is 17.0 Å². The van der Waals surface area contributed by atoms with Gasteiger partial charge in [-0.3, -0.25) is 9.78 Å². The van der Waals surface area contributed by atoms with Gasteiger partial charge in [0, 0.05) is 24.7 Å². The fraction of sp³-hybridized carbons (Fsp3) is 0.586. The highest BCUT2D eigenvalue weighted by Gasteiger charge is 2.33. The highest BCUT2D eigenvalue weighted by atomic mass is 19.1. The Hall–Kier alpha value is -2.58. The van der Waals surface area contributed by atoms with Crippen LogP contribution in [0.2, 0.25) is 0 Å². The Kier molecular flexibility index (Phi) is 8.80. The molecule has 0 spiro atoms. The summed E-state index contributed by atoms with van der Waals surface area (Å²) in [4.78, 5) is 20.9. The zero-order chi connectivity index (χ0) is 26.6. The van der Waals surface area contributed by atoms with Gasteiger partial charge >= 0.3 is 0 Å². The van der Waals surface area contributed by atoms with E-state index >= 15 is 0 Å². The van der Waals surface area contributed by atoms with Crippen LogP contribution < -0.4 is 4.74 Å². The minimum absolute atomic E-state index is 0.00251. The number of ether oxygens (including phenoxy) is 1. The third-order valence-electron chi connectivity index (χ3n) is 8.01. The van der Waals surface area contributed by atoms with Crippen LogP contribution in [0, 0.1) is 11.7 Å². The topological polar surface area (TPSA) is 65.9 Å². The summed E-state index contributed by atoms with van der Waals surface area (Å²) in [6, 6.07) is 7.97. The average Bonchev–Trinajstić information content (AvgIpc) is 3.25. The number of pyridine rings is 1. The number of carbonyl (C=O) groups is 1. The molecule has 37 heavy (non-hydrogen) atoms. The first-order valence-electron chi connectivity index (χ1n) is 13.5. The molecule has 2 aliphatic rings. The molecule has 0 aliphatic carbocycles. The van der Waals surface area contributed by atoms with Crippen molar-refractivity contribution in [3.05, 3.63) is 47.9 Å². The van der Waals surface area contributed by atoms with E-state index in [-0.39, 0.29) is 18.2 Å². The number of carbonyl (C=O) groups excluding carboxylic acids is 1. The van der Waals surface area contributed by atoms with Gasteiger partial charge in [-0.2, -0.15) is 0 Å². The SMILES string of the molecule is CCC(F)(CC)CN1CCC(COc2ccc(-c3ccc(C(=O)N4CC(O)CC4C)c(F)c3)nc2)CC1. The van der Waals surface area contributed by atoms with Crippen LogP contribution in [-0.2, 0) is 0 Å². The molecule has 202 valence electrons. The number of benzene rings is 1. The second kappa shape index (κ2) is 11.9. The number of amides is 1. The van der Waals surface area contributed by atoms with Gasteiger partial charge in [-0.05, 0) is 82.3 Å². The van der Waals surface area contributed by atoms with E-state index in [4.69, 9.17) is 4.74 Å². The molecule has 2 atom stereocenters. The number of aliphatic hydroxyl groups is 1. The van der Waals surface area contributed by atoms with E-state index in [1.54, 1.807) is 18.3 Å². The van der Waals surface area contributed by atoms with Crippen LogP contribution in [0.15, 0.2) is 36.5 Å². The molecule has 2 fully saturated rings. The van der Waals surface area contributed by atoms with Crippen LogP contribution in [0.5, 0.6) is 5.75 Å². The van der Waals surface area contributed by atoms with Crippen molar-refractivity contribution in [2.75, 3.05) is 32.8 Å². The minimum Gasteiger partial charge on any atom is -0.492 e. The van der Waals surface area contributed by atoms with E-state index in [2.05, 4.69) is 9.88 Å². The Bertz CT molecular complexity index is 1050. The number of alkyl halides is 1. The van der Waals surface area contributed by atoms with Gasteiger partial charge in [0.25, 0.3) is 5.91 Å². The minimum atomic E-state index is -1.09. The molecule has 1 aromatic carbocycles. The van der Waals surface area contributed by atoms with E-state index < -0.39 is 23.5 Å². The van der Waals surface area contributed by atoms with Crippen molar-refractivity contribution in [1.82, 2.24) is 14.8 Å². The van der Waals surface area contributed by atoms with Gasteiger partial charge in [0.15, 0.2) is 0 Å². The van der Waals surface area contributed by atoms with Crippen molar-refractivity contribution < 1.29 is 23.4 Å². The first kappa shape index (κ1) is 27.5. The van der Waals surface area contributed by atoms with Crippen LogP contribution in [0.4, 0.5) is 8.78 Å². The normalized spacial score (nSPS) is 21.4. The van der Waals surface area contributed by atoms with Crippen molar-refractivity contribution in [3.63, 3.8) is 0 Å². The summed E-state index contributed by atoms with van der Waals surface area (Å²) in [6.07, 6.45) is 4.63. The van der Waals surface area contributed by atoms with Gasteiger partial charge in [0.05, 0.1) is 30.2 Å². The first-order valence-corrected chi connectivity index (χ1v) is 13.5. The lowest BCUT2D eigenvalue weighted by atomic mass is 9.94. The highest BCUT2D eigenvalue weighted by Crippen LogP contribution is 2.28. The number of likely N-dealkylation sites (tertiary alicyclic amines) is 2. The maximum atomic E-state index is 14.8. The number of aromatic nitrogens is 1. The van der Waals surface area contributed by atoms with Crippen LogP contribution >= 0.6 is 0 Å². The second-order valence-electron chi connectivity index (χ2n) is 10.7.